The number of nitrogens with one attached hydrogen (secondary N) is 1. The average molecular weight is 306 g/mol. The zero-order valence-corrected chi connectivity index (χ0v) is 12.3. The standard InChI is InChI=1S/C13H17ClFNO2S/c1-9(11-2-3-12(14)13(15)6-11)16-7-10-4-5-19(17,18)8-10/h2-3,6,9-10,16H,4-5,7-8H2,1H3. The molecule has 0 bridgehead atoms. The lowest BCUT2D eigenvalue weighted by atomic mass is 10.1. The molecule has 1 aliphatic heterocycles. The predicted molar refractivity (Wildman–Crippen MR) is 74.6 cm³/mol. The monoisotopic (exact) mass is 305 g/mol. The van der Waals surface area contributed by atoms with E-state index in [0.717, 1.165) is 5.56 Å². The SMILES string of the molecule is CC(NCC1CCS(=O)(=O)C1)c1ccc(Cl)c(F)c1. The molecular formula is C13H17ClFNO2S. The molecule has 0 amide bonds. The summed E-state index contributed by atoms with van der Waals surface area (Å²) in [7, 11) is -2.84. The van der Waals surface area contributed by atoms with Crippen LogP contribution in [0.5, 0.6) is 0 Å². The van der Waals surface area contributed by atoms with Gasteiger partial charge in [-0.25, -0.2) is 12.8 Å². The second-order valence-electron chi connectivity index (χ2n) is 5.07. The largest absolute Gasteiger partial charge is 0.310 e. The molecule has 106 valence electrons. The summed E-state index contributed by atoms with van der Waals surface area (Å²) in [6.07, 6.45) is 0.705. The molecule has 1 aliphatic rings. The average Bonchev–Trinajstić information content (AvgIpc) is 2.69. The Hall–Kier alpha value is -0.650. The molecule has 1 saturated heterocycles. The lowest BCUT2D eigenvalue weighted by Crippen LogP contribution is -2.26. The molecule has 0 aromatic heterocycles. The molecule has 1 aromatic carbocycles. The fourth-order valence-electron chi connectivity index (χ4n) is 2.28. The van der Waals surface area contributed by atoms with Gasteiger partial charge in [-0.3, -0.25) is 0 Å². The number of halogens is 2. The Kier molecular flexibility index (Phi) is 4.48. The molecule has 0 radical (unpaired) electrons. The Bertz CT molecular complexity index is 562. The van der Waals surface area contributed by atoms with Crippen molar-refractivity contribution in [1.82, 2.24) is 5.32 Å². The first kappa shape index (κ1) is 14.8. The second kappa shape index (κ2) is 5.77. The summed E-state index contributed by atoms with van der Waals surface area (Å²) in [6.45, 7) is 2.55. The van der Waals surface area contributed by atoms with Gasteiger partial charge in [-0.1, -0.05) is 17.7 Å². The van der Waals surface area contributed by atoms with Gasteiger partial charge < -0.3 is 5.32 Å². The summed E-state index contributed by atoms with van der Waals surface area (Å²) in [5.74, 6) is 0.256. The smallest absolute Gasteiger partial charge is 0.150 e. The van der Waals surface area contributed by atoms with Gasteiger partial charge in [0.25, 0.3) is 0 Å². The van der Waals surface area contributed by atoms with E-state index in [-0.39, 0.29) is 28.5 Å². The van der Waals surface area contributed by atoms with Gasteiger partial charge in [0.2, 0.25) is 0 Å². The molecule has 1 heterocycles. The summed E-state index contributed by atoms with van der Waals surface area (Å²) < 4.78 is 36.0. The van der Waals surface area contributed by atoms with E-state index >= 15 is 0 Å². The van der Waals surface area contributed by atoms with Gasteiger partial charge in [-0.15, -0.1) is 0 Å². The van der Waals surface area contributed by atoms with Crippen molar-refractivity contribution in [3.05, 3.63) is 34.6 Å². The van der Waals surface area contributed by atoms with Crippen LogP contribution < -0.4 is 5.32 Å². The Morgan fingerprint density at radius 2 is 2.26 bits per heavy atom. The number of rotatable bonds is 4. The summed E-state index contributed by atoms with van der Waals surface area (Å²) in [5, 5.41) is 3.36. The van der Waals surface area contributed by atoms with E-state index in [2.05, 4.69) is 5.32 Å². The molecule has 1 fully saturated rings. The van der Waals surface area contributed by atoms with Crippen molar-refractivity contribution in [1.29, 1.82) is 0 Å². The Morgan fingerprint density at radius 1 is 1.53 bits per heavy atom. The third-order valence-corrected chi connectivity index (χ3v) is 5.63. The maximum Gasteiger partial charge on any atom is 0.150 e. The van der Waals surface area contributed by atoms with E-state index in [9.17, 15) is 12.8 Å². The number of benzene rings is 1. The maximum absolute atomic E-state index is 13.3. The molecule has 1 N–H and O–H groups in total. The number of hydrogen-bond acceptors (Lipinski definition) is 3. The van der Waals surface area contributed by atoms with Gasteiger partial charge in [-0.05, 0) is 43.5 Å². The zero-order chi connectivity index (χ0) is 14.0. The lowest BCUT2D eigenvalue weighted by Gasteiger charge is -2.17. The second-order valence-corrected chi connectivity index (χ2v) is 7.71. The fourth-order valence-corrected chi connectivity index (χ4v) is 4.26. The highest BCUT2D eigenvalue weighted by Gasteiger charge is 2.27. The van der Waals surface area contributed by atoms with E-state index < -0.39 is 15.7 Å². The van der Waals surface area contributed by atoms with Crippen LogP contribution >= 0.6 is 11.6 Å². The molecule has 2 atom stereocenters. The molecular weight excluding hydrogens is 289 g/mol. The van der Waals surface area contributed by atoms with Gasteiger partial charge in [0.05, 0.1) is 16.5 Å². The van der Waals surface area contributed by atoms with Crippen LogP contribution in [0.25, 0.3) is 0 Å². The minimum absolute atomic E-state index is 0.0323. The minimum atomic E-state index is -2.84. The van der Waals surface area contributed by atoms with Crippen LogP contribution in [0.3, 0.4) is 0 Å². The normalized spacial score (nSPS) is 23.4. The molecule has 0 saturated carbocycles. The molecule has 3 nitrogen and oxygen atoms in total. The molecule has 0 aliphatic carbocycles. The Labute approximate surface area is 118 Å². The van der Waals surface area contributed by atoms with Crippen LogP contribution in [0.2, 0.25) is 5.02 Å². The van der Waals surface area contributed by atoms with Crippen LogP contribution in [0.4, 0.5) is 4.39 Å². The first-order valence-electron chi connectivity index (χ1n) is 6.26. The molecule has 2 rings (SSSR count). The minimum Gasteiger partial charge on any atom is -0.310 e. The first-order valence-corrected chi connectivity index (χ1v) is 8.46. The third-order valence-electron chi connectivity index (χ3n) is 3.48. The fraction of sp³-hybridized carbons (Fsp3) is 0.538. The summed E-state index contributed by atoms with van der Waals surface area (Å²) >= 11 is 5.64. The Morgan fingerprint density at radius 3 is 2.84 bits per heavy atom. The molecule has 1 aromatic rings. The zero-order valence-electron chi connectivity index (χ0n) is 10.7. The van der Waals surface area contributed by atoms with Gasteiger partial charge >= 0.3 is 0 Å². The lowest BCUT2D eigenvalue weighted by molar-refractivity contribution is 0.475. The van der Waals surface area contributed by atoms with E-state index in [1.54, 1.807) is 6.07 Å². The van der Waals surface area contributed by atoms with E-state index in [1.165, 1.54) is 12.1 Å². The summed E-state index contributed by atoms with van der Waals surface area (Å²) in [4.78, 5) is 0. The van der Waals surface area contributed by atoms with Crippen molar-refractivity contribution in [2.75, 3.05) is 18.1 Å². The Balaban J connectivity index is 1.91. The van der Waals surface area contributed by atoms with E-state index in [1.807, 2.05) is 6.92 Å². The quantitative estimate of drug-likeness (QED) is 0.930. The van der Waals surface area contributed by atoms with Crippen LogP contribution in [0, 0.1) is 11.7 Å². The summed E-state index contributed by atoms with van der Waals surface area (Å²) in [5.41, 5.74) is 0.808. The highest BCUT2D eigenvalue weighted by Crippen LogP contribution is 2.22. The highest BCUT2D eigenvalue weighted by molar-refractivity contribution is 7.91. The van der Waals surface area contributed by atoms with Crippen molar-refractivity contribution < 1.29 is 12.8 Å². The number of sulfone groups is 1. The van der Waals surface area contributed by atoms with Crippen LogP contribution in [0.15, 0.2) is 18.2 Å². The highest BCUT2D eigenvalue weighted by atomic mass is 35.5. The number of hydrogen-bond donors (Lipinski definition) is 1. The molecule has 2 unspecified atom stereocenters. The molecule has 19 heavy (non-hydrogen) atoms. The van der Waals surface area contributed by atoms with E-state index in [0.29, 0.717) is 13.0 Å². The van der Waals surface area contributed by atoms with E-state index in [4.69, 9.17) is 11.6 Å². The third kappa shape index (κ3) is 3.91. The van der Waals surface area contributed by atoms with Crippen molar-refractivity contribution in [2.45, 2.75) is 19.4 Å². The van der Waals surface area contributed by atoms with Crippen molar-refractivity contribution in [3.63, 3.8) is 0 Å². The predicted octanol–water partition coefficient (Wildman–Crippen LogP) is 2.56. The van der Waals surface area contributed by atoms with Gasteiger partial charge in [0.15, 0.2) is 9.84 Å². The summed E-state index contributed by atoms with van der Waals surface area (Å²) in [6, 6.07) is 4.68. The maximum atomic E-state index is 13.3. The first-order chi connectivity index (χ1) is 8.87. The van der Waals surface area contributed by atoms with Gasteiger partial charge in [-0.2, -0.15) is 0 Å². The van der Waals surface area contributed by atoms with Crippen molar-refractivity contribution in [2.24, 2.45) is 5.92 Å². The van der Waals surface area contributed by atoms with Crippen molar-refractivity contribution >= 4 is 21.4 Å². The van der Waals surface area contributed by atoms with Gasteiger partial charge in [0.1, 0.15) is 5.82 Å². The van der Waals surface area contributed by atoms with Gasteiger partial charge in [0, 0.05) is 6.04 Å². The van der Waals surface area contributed by atoms with Crippen LogP contribution in [-0.2, 0) is 9.84 Å². The molecule has 0 spiro atoms. The van der Waals surface area contributed by atoms with Crippen molar-refractivity contribution in [3.8, 4) is 0 Å². The van der Waals surface area contributed by atoms with Crippen LogP contribution in [0.1, 0.15) is 24.9 Å². The van der Waals surface area contributed by atoms with Crippen LogP contribution in [-0.4, -0.2) is 26.5 Å². The molecule has 6 heteroatoms. The topological polar surface area (TPSA) is 46.2 Å².